The molecule has 0 aliphatic carbocycles. The van der Waals surface area contributed by atoms with Gasteiger partial charge in [0.25, 0.3) is 0 Å². The molecule has 0 bridgehead atoms. The van der Waals surface area contributed by atoms with Gasteiger partial charge in [0.15, 0.2) is 11.0 Å². The molecular formula is C14H18FN5S. The summed E-state index contributed by atoms with van der Waals surface area (Å²) in [5, 5.41) is 9.42. The third-order valence-electron chi connectivity index (χ3n) is 3.40. The van der Waals surface area contributed by atoms with Crippen molar-refractivity contribution in [3.8, 4) is 11.4 Å². The van der Waals surface area contributed by atoms with Crippen molar-refractivity contribution in [2.24, 2.45) is 0 Å². The zero-order valence-electron chi connectivity index (χ0n) is 12.2. The normalized spacial score (nSPS) is 15.4. The van der Waals surface area contributed by atoms with Crippen molar-refractivity contribution in [1.29, 1.82) is 0 Å². The summed E-state index contributed by atoms with van der Waals surface area (Å²) in [5.74, 6) is 1.49. The van der Waals surface area contributed by atoms with Crippen LogP contribution in [0.15, 0.2) is 29.4 Å². The highest BCUT2D eigenvalue weighted by molar-refractivity contribution is 7.99. The Labute approximate surface area is 127 Å². The summed E-state index contributed by atoms with van der Waals surface area (Å²) in [6.07, 6.45) is 0. The van der Waals surface area contributed by atoms with E-state index in [1.807, 2.05) is 0 Å². The van der Waals surface area contributed by atoms with Gasteiger partial charge in [-0.15, -0.1) is 10.2 Å². The van der Waals surface area contributed by atoms with E-state index in [9.17, 15) is 4.39 Å². The molecule has 1 aromatic heterocycles. The van der Waals surface area contributed by atoms with Gasteiger partial charge in [-0.2, -0.15) is 0 Å². The summed E-state index contributed by atoms with van der Waals surface area (Å²) in [6, 6.07) is 6.40. The molecule has 2 heterocycles. The van der Waals surface area contributed by atoms with Crippen LogP contribution in [0.3, 0.4) is 0 Å². The molecule has 0 saturated heterocycles. The molecule has 1 aliphatic rings. The molecule has 0 fully saturated rings. The minimum absolute atomic E-state index is 0.237. The molecule has 2 aromatic rings. The lowest BCUT2D eigenvalue weighted by Crippen LogP contribution is -2.35. The lowest BCUT2D eigenvalue weighted by atomic mass is 10.2. The van der Waals surface area contributed by atoms with Crippen LogP contribution >= 0.6 is 11.8 Å². The van der Waals surface area contributed by atoms with E-state index in [1.165, 1.54) is 12.1 Å². The summed E-state index contributed by atoms with van der Waals surface area (Å²) >= 11 is 1.69. The fourth-order valence-corrected chi connectivity index (χ4v) is 3.11. The lowest BCUT2D eigenvalue weighted by Gasteiger charge is -2.28. The van der Waals surface area contributed by atoms with E-state index in [1.54, 1.807) is 23.9 Å². The summed E-state index contributed by atoms with van der Waals surface area (Å²) in [6.45, 7) is 2.79. The maximum Gasteiger partial charge on any atom is 0.193 e. The van der Waals surface area contributed by atoms with Crippen LogP contribution in [0.25, 0.3) is 11.4 Å². The monoisotopic (exact) mass is 307 g/mol. The predicted molar refractivity (Wildman–Crippen MR) is 81.4 cm³/mol. The molecule has 0 atom stereocenters. The van der Waals surface area contributed by atoms with Crippen molar-refractivity contribution in [1.82, 2.24) is 24.6 Å². The Morgan fingerprint density at radius 3 is 2.71 bits per heavy atom. The number of fused-ring (bicyclic) bond motifs is 1. The minimum Gasteiger partial charge on any atom is -0.308 e. The minimum atomic E-state index is -0.237. The van der Waals surface area contributed by atoms with Crippen LogP contribution in [0.1, 0.15) is 0 Å². The number of halogens is 1. The molecule has 112 valence electrons. The van der Waals surface area contributed by atoms with Gasteiger partial charge in [0, 0.05) is 18.7 Å². The molecule has 0 unspecified atom stereocenters. The molecule has 1 aromatic carbocycles. The van der Waals surface area contributed by atoms with Crippen molar-refractivity contribution in [2.45, 2.75) is 11.8 Å². The first-order valence-corrected chi connectivity index (χ1v) is 7.81. The molecule has 21 heavy (non-hydrogen) atoms. The van der Waals surface area contributed by atoms with Crippen molar-refractivity contribution in [3.05, 3.63) is 30.1 Å². The second-order valence-electron chi connectivity index (χ2n) is 5.35. The van der Waals surface area contributed by atoms with E-state index in [2.05, 4.69) is 38.7 Å². The van der Waals surface area contributed by atoms with E-state index >= 15 is 0 Å². The Balaban J connectivity index is 1.80. The molecule has 7 heteroatoms. The number of likely N-dealkylation sites (N-methyl/N-ethyl adjacent to an activating group) is 1. The fourth-order valence-electron chi connectivity index (χ4n) is 2.20. The van der Waals surface area contributed by atoms with Crippen LogP contribution in [-0.4, -0.2) is 57.6 Å². The van der Waals surface area contributed by atoms with Crippen LogP contribution in [0.5, 0.6) is 0 Å². The first-order chi connectivity index (χ1) is 10.1. The zero-order chi connectivity index (χ0) is 14.8. The number of aromatic nitrogens is 3. The number of hydrogen-bond donors (Lipinski definition) is 0. The van der Waals surface area contributed by atoms with E-state index in [0.717, 1.165) is 42.2 Å². The number of rotatable bonds is 4. The van der Waals surface area contributed by atoms with Crippen molar-refractivity contribution >= 4 is 11.8 Å². The Morgan fingerprint density at radius 1 is 1.24 bits per heavy atom. The smallest absolute Gasteiger partial charge is 0.193 e. The van der Waals surface area contributed by atoms with Gasteiger partial charge in [-0.05, 0) is 38.4 Å². The topological polar surface area (TPSA) is 37.2 Å². The second kappa shape index (κ2) is 6.13. The summed E-state index contributed by atoms with van der Waals surface area (Å²) < 4.78 is 15.1. The maximum absolute atomic E-state index is 13.0. The highest BCUT2D eigenvalue weighted by Gasteiger charge is 2.22. The number of benzene rings is 1. The Morgan fingerprint density at radius 2 is 2.00 bits per heavy atom. The van der Waals surface area contributed by atoms with Crippen molar-refractivity contribution in [2.75, 3.05) is 33.1 Å². The van der Waals surface area contributed by atoms with Crippen molar-refractivity contribution < 1.29 is 4.39 Å². The summed E-state index contributed by atoms with van der Waals surface area (Å²) in [7, 11) is 4.15. The number of thioether (sulfide) groups is 1. The molecule has 0 amide bonds. The molecule has 0 spiro atoms. The van der Waals surface area contributed by atoms with Crippen LogP contribution in [-0.2, 0) is 6.67 Å². The van der Waals surface area contributed by atoms with Crippen LogP contribution in [0, 0.1) is 5.82 Å². The molecule has 0 saturated carbocycles. The van der Waals surface area contributed by atoms with Gasteiger partial charge in [-0.3, -0.25) is 9.47 Å². The van der Waals surface area contributed by atoms with E-state index in [4.69, 9.17) is 0 Å². The average molecular weight is 307 g/mol. The standard InChI is InChI=1S/C14H18FN5S/c1-18(2)7-8-19-9-20-13(16-17-14(20)21-10-19)11-3-5-12(15)6-4-11/h3-6H,7-10H2,1-2H3. The summed E-state index contributed by atoms with van der Waals surface area (Å²) in [5.41, 5.74) is 0.894. The zero-order valence-corrected chi connectivity index (χ0v) is 13.0. The number of nitrogens with zero attached hydrogens (tertiary/aromatic N) is 5. The van der Waals surface area contributed by atoms with Gasteiger partial charge >= 0.3 is 0 Å². The predicted octanol–water partition coefficient (Wildman–Crippen LogP) is 1.97. The van der Waals surface area contributed by atoms with Crippen LogP contribution in [0.2, 0.25) is 0 Å². The van der Waals surface area contributed by atoms with Gasteiger partial charge in [-0.1, -0.05) is 11.8 Å². The SMILES string of the molecule is CN(C)CCN1CSc2nnc(-c3ccc(F)cc3)n2C1. The first kappa shape index (κ1) is 14.5. The first-order valence-electron chi connectivity index (χ1n) is 6.82. The van der Waals surface area contributed by atoms with E-state index in [-0.39, 0.29) is 5.82 Å². The highest BCUT2D eigenvalue weighted by Crippen LogP contribution is 2.28. The largest absolute Gasteiger partial charge is 0.308 e. The van der Waals surface area contributed by atoms with Gasteiger partial charge in [0.2, 0.25) is 0 Å². The van der Waals surface area contributed by atoms with Gasteiger partial charge in [-0.25, -0.2) is 4.39 Å². The summed E-state index contributed by atoms with van der Waals surface area (Å²) in [4.78, 5) is 4.53. The van der Waals surface area contributed by atoms with E-state index < -0.39 is 0 Å². The molecule has 0 N–H and O–H groups in total. The van der Waals surface area contributed by atoms with E-state index in [0.29, 0.717) is 0 Å². The molecular weight excluding hydrogens is 289 g/mol. The van der Waals surface area contributed by atoms with Crippen LogP contribution in [0.4, 0.5) is 4.39 Å². The average Bonchev–Trinajstić information content (AvgIpc) is 2.89. The molecule has 1 aliphatic heterocycles. The van der Waals surface area contributed by atoms with Gasteiger partial charge in [0.05, 0.1) is 12.5 Å². The van der Waals surface area contributed by atoms with Crippen LogP contribution < -0.4 is 0 Å². The Hall–Kier alpha value is -1.44. The van der Waals surface area contributed by atoms with Crippen molar-refractivity contribution in [3.63, 3.8) is 0 Å². The van der Waals surface area contributed by atoms with Gasteiger partial charge in [0.1, 0.15) is 5.82 Å². The Kier molecular flexibility index (Phi) is 4.23. The Bertz CT molecular complexity index is 610. The molecule has 0 radical (unpaired) electrons. The fraction of sp³-hybridized carbons (Fsp3) is 0.429. The molecule has 3 rings (SSSR count). The molecule has 5 nitrogen and oxygen atoms in total. The second-order valence-corrected chi connectivity index (χ2v) is 6.27. The third-order valence-corrected chi connectivity index (χ3v) is 4.45. The highest BCUT2D eigenvalue weighted by atomic mass is 32.2. The maximum atomic E-state index is 13.0. The number of hydrogen-bond acceptors (Lipinski definition) is 5. The van der Waals surface area contributed by atoms with Gasteiger partial charge < -0.3 is 4.90 Å². The lowest BCUT2D eigenvalue weighted by molar-refractivity contribution is 0.215. The quantitative estimate of drug-likeness (QED) is 0.863. The third kappa shape index (κ3) is 3.25.